The number of benzene rings is 3. The molecule has 0 radical (unpaired) electrons. The van der Waals surface area contributed by atoms with Gasteiger partial charge in [-0.1, -0.05) is 42.5 Å². The molecule has 0 heterocycles. The lowest BCUT2D eigenvalue weighted by Gasteiger charge is -2.04. The molecule has 7 heteroatoms. The molecule has 0 aliphatic rings. The monoisotopic (exact) mass is 396 g/mol. The molecule has 0 atom stereocenters. The number of aliphatic hydroxyl groups is 1. The molecule has 0 aliphatic heterocycles. The average Bonchev–Trinajstić information content (AvgIpc) is 2.68. The molecule has 0 aromatic heterocycles. The number of rotatable bonds is 5. The Kier molecular flexibility index (Phi) is 7.33. The summed E-state index contributed by atoms with van der Waals surface area (Å²) in [6.07, 6.45) is 0.318. The second-order valence-electron chi connectivity index (χ2n) is 6.04. The highest BCUT2D eigenvalue weighted by Crippen LogP contribution is 2.31. The molecule has 3 rings (SSSR count). The maximum Gasteiger partial charge on any atom is 0.195 e. The van der Waals surface area contributed by atoms with E-state index in [0.717, 1.165) is 17.7 Å². The van der Waals surface area contributed by atoms with Gasteiger partial charge in [0.25, 0.3) is 0 Å². The van der Waals surface area contributed by atoms with E-state index >= 15 is 0 Å². The van der Waals surface area contributed by atoms with Gasteiger partial charge in [-0.3, -0.25) is 9.59 Å². The van der Waals surface area contributed by atoms with E-state index in [-0.39, 0.29) is 22.8 Å². The van der Waals surface area contributed by atoms with Gasteiger partial charge in [-0.05, 0) is 17.7 Å². The van der Waals surface area contributed by atoms with Crippen molar-refractivity contribution >= 4 is 11.6 Å². The van der Waals surface area contributed by atoms with Gasteiger partial charge in [0.15, 0.2) is 11.6 Å². The van der Waals surface area contributed by atoms with Crippen LogP contribution in [0.2, 0.25) is 0 Å². The van der Waals surface area contributed by atoms with Crippen LogP contribution in [0.3, 0.4) is 0 Å². The number of phenolic OH excluding ortho intramolecular Hbond substituents is 4. The van der Waals surface area contributed by atoms with Gasteiger partial charge in [0, 0.05) is 18.6 Å². The third-order valence-corrected chi connectivity index (χ3v) is 3.92. The third kappa shape index (κ3) is 5.82. The van der Waals surface area contributed by atoms with Crippen LogP contribution in [0, 0.1) is 0 Å². The molecule has 0 saturated carbocycles. The number of carbonyl (C=O) groups excluding carboxylic acids is 2. The van der Waals surface area contributed by atoms with Crippen LogP contribution in [0.25, 0.3) is 0 Å². The summed E-state index contributed by atoms with van der Waals surface area (Å²) in [6.45, 7) is -0.814. The largest absolute Gasteiger partial charge is 0.508 e. The van der Waals surface area contributed by atoms with Crippen LogP contribution in [0.1, 0.15) is 26.3 Å². The molecule has 0 bridgehead atoms. The fourth-order valence-corrected chi connectivity index (χ4v) is 2.55. The van der Waals surface area contributed by atoms with Crippen LogP contribution in [-0.4, -0.2) is 43.7 Å². The predicted octanol–water partition coefficient (Wildman–Crippen LogP) is 2.80. The minimum absolute atomic E-state index is 0.0448. The van der Waals surface area contributed by atoms with E-state index in [1.165, 1.54) is 6.07 Å². The number of ketones is 2. The maximum absolute atomic E-state index is 11.9. The number of carbonyl (C=O) groups is 2. The standard InChI is InChI=1S/C14H12O2.C8H8O5/c15-13-9-5-4-8-12(13)14(16)10-11-6-2-1-3-7-11;9-3-7(13)8-5(11)1-4(10)2-6(8)12/h1-9,15H,10H2;1-2,9-12H,3H2. The van der Waals surface area contributed by atoms with Crippen LogP contribution < -0.4 is 0 Å². The highest BCUT2D eigenvalue weighted by molar-refractivity contribution is 6.02. The zero-order valence-corrected chi connectivity index (χ0v) is 15.3. The summed E-state index contributed by atoms with van der Waals surface area (Å²) in [5.74, 6) is -2.31. The smallest absolute Gasteiger partial charge is 0.195 e. The molecule has 7 nitrogen and oxygen atoms in total. The zero-order chi connectivity index (χ0) is 21.4. The number of aliphatic hydroxyl groups excluding tert-OH is 1. The van der Waals surface area contributed by atoms with E-state index in [4.69, 9.17) is 20.4 Å². The molecule has 29 heavy (non-hydrogen) atoms. The van der Waals surface area contributed by atoms with Gasteiger partial charge in [0.05, 0.1) is 5.56 Å². The first kappa shape index (κ1) is 21.5. The number of hydrogen-bond donors (Lipinski definition) is 5. The van der Waals surface area contributed by atoms with Gasteiger partial charge in [-0.15, -0.1) is 0 Å². The van der Waals surface area contributed by atoms with Crippen molar-refractivity contribution in [1.82, 2.24) is 0 Å². The summed E-state index contributed by atoms with van der Waals surface area (Å²) in [5.41, 5.74) is 0.947. The van der Waals surface area contributed by atoms with Crippen molar-refractivity contribution in [2.75, 3.05) is 6.61 Å². The van der Waals surface area contributed by atoms with Gasteiger partial charge >= 0.3 is 0 Å². The molecule has 150 valence electrons. The fraction of sp³-hybridized carbons (Fsp3) is 0.0909. The van der Waals surface area contributed by atoms with Gasteiger partial charge in [-0.2, -0.15) is 0 Å². The van der Waals surface area contributed by atoms with Crippen LogP contribution in [-0.2, 0) is 6.42 Å². The number of aromatic hydroxyl groups is 4. The lowest BCUT2D eigenvalue weighted by molar-refractivity contribution is 0.0897. The molecule has 0 aliphatic carbocycles. The Morgan fingerprint density at radius 1 is 0.690 bits per heavy atom. The lowest BCUT2D eigenvalue weighted by Crippen LogP contribution is -2.04. The van der Waals surface area contributed by atoms with E-state index in [1.807, 2.05) is 30.3 Å². The zero-order valence-electron chi connectivity index (χ0n) is 15.3. The summed E-state index contributed by atoms with van der Waals surface area (Å²) in [6, 6.07) is 17.9. The second-order valence-corrected chi connectivity index (χ2v) is 6.04. The van der Waals surface area contributed by atoms with E-state index in [0.29, 0.717) is 12.0 Å². The molecule has 3 aromatic carbocycles. The van der Waals surface area contributed by atoms with Crippen LogP contribution in [0.15, 0.2) is 66.7 Å². The van der Waals surface area contributed by atoms with Crippen LogP contribution >= 0.6 is 0 Å². The average molecular weight is 396 g/mol. The van der Waals surface area contributed by atoms with Gasteiger partial charge in [0.2, 0.25) is 0 Å². The summed E-state index contributed by atoms with van der Waals surface area (Å²) in [7, 11) is 0. The van der Waals surface area contributed by atoms with Crippen molar-refractivity contribution in [3.05, 3.63) is 83.4 Å². The quantitative estimate of drug-likeness (QED) is 0.419. The summed E-state index contributed by atoms with van der Waals surface area (Å²) in [5, 5.41) is 45.1. The first-order chi connectivity index (χ1) is 13.8. The van der Waals surface area contributed by atoms with E-state index in [1.54, 1.807) is 18.2 Å². The molecule has 5 N–H and O–H groups in total. The Bertz CT molecular complexity index is 974. The number of Topliss-reactive ketones (excluding diaryl/α,β-unsaturated/α-hetero) is 2. The Labute approximate surface area is 166 Å². The molecular weight excluding hydrogens is 376 g/mol. The van der Waals surface area contributed by atoms with Crippen LogP contribution in [0.4, 0.5) is 0 Å². The first-order valence-electron chi connectivity index (χ1n) is 8.57. The maximum atomic E-state index is 11.9. The SMILES string of the molecule is O=C(CO)c1c(O)cc(O)cc1O.O=C(Cc1ccccc1)c1ccccc1O. The van der Waals surface area contributed by atoms with Crippen molar-refractivity contribution < 1.29 is 35.1 Å². The first-order valence-corrected chi connectivity index (χ1v) is 8.57. The molecule has 0 saturated heterocycles. The van der Waals surface area contributed by atoms with Crippen molar-refractivity contribution in [1.29, 1.82) is 0 Å². The topological polar surface area (TPSA) is 135 Å². The Hall–Kier alpha value is -3.84. The highest BCUT2D eigenvalue weighted by atomic mass is 16.3. The number of phenols is 4. The van der Waals surface area contributed by atoms with Crippen LogP contribution in [0.5, 0.6) is 23.0 Å². The normalized spacial score (nSPS) is 9.97. The molecule has 0 spiro atoms. The van der Waals surface area contributed by atoms with Gasteiger partial charge in [0.1, 0.15) is 35.2 Å². The van der Waals surface area contributed by atoms with E-state index in [2.05, 4.69) is 0 Å². The minimum Gasteiger partial charge on any atom is -0.508 e. The molecular formula is C22H20O7. The molecule has 3 aromatic rings. The highest BCUT2D eigenvalue weighted by Gasteiger charge is 2.16. The van der Waals surface area contributed by atoms with Crippen molar-refractivity contribution in [3.63, 3.8) is 0 Å². The van der Waals surface area contributed by atoms with Crippen molar-refractivity contribution in [2.45, 2.75) is 6.42 Å². The lowest BCUT2D eigenvalue weighted by atomic mass is 10.0. The molecule has 0 fully saturated rings. The van der Waals surface area contributed by atoms with E-state index < -0.39 is 23.9 Å². The second kappa shape index (κ2) is 9.91. The van der Waals surface area contributed by atoms with Crippen molar-refractivity contribution in [3.8, 4) is 23.0 Å². The fourth-order valence-electron chi connectivity index (χ4n) is 2.55. The van der Waals surface area contributed by atoms with Gasteiger partial charge < -0.3 is 25.5 Å². The Morgan fingerprint density at radius 3 is 1.79 bits per heavy atom. The Morgan fingerprint density at radius 2 is 1.24 bits per heavy atom. The minimum atomic E-state index is -0.814. The number of hydrogen-bond acceptors (Lipinski definition) is 7. The summed E-state index contributed by atoms with van der Waals surface area (Å²) < 4.78 is 0. The van der Waals surface area contributed by atoms with Gasteiger partial charge in [-0.25, -0.2) is 0 Å². The van der Waals surface area contributed by atoms with Crippen molar-refractivity contribution in [2.24, 2.45) is 0 Å². The number of para-hydroxylation sites is 1. The third-order valence-electron chi connectivity index (χ3n) is 3.92. The summed E-state index contributed by atoms with van der Waals surface area (Å²) in [4.78, 5) is 22.8. The summed E-state index contributed by atoms with van der Waals surface area (Å²) >= 11 is 0. The van der Waals surface area contributed by atoms with E-state index in [9.17, 15) is 14.7 Å². The molecule has 0 amide bonds. The molecule has 0 unspecified atom stereocenters. The Balaban J connectivity index is 0.000000212. The predicted molar refractivity (Wildman–Crippen MR) is 105 cm³/mol.